The molecule has 1 unspecified atom stereocenters. The Morgan fingerprint density at radius 2 is 2.27 bits per heavy atom. The van der Waals surface area contributed by atoms with Crippen LogP contribution in [-0.2, 0) is 6.42 Å². The third-order valence-electron chi connectivity index (χ3n) is 3.28. The van der Waals surface area contributed by atoms with E-state index in [-0.39, 0.29) is 0 Å². The molecule has 15 heavy (non-hydrogen) atoms. The molecule has 4 heteroatoms. The first-order chi connectivity index (χ1) is 7.42. The van der Waals surface area contributed by atoms with Crippen LogP contribution in [0.2, 0.25) is 0 Å². The highest BCUT2D eigenvalue weighted by molar-refractivity contribution is 5.02. The van der Waals surface area contributed by atoms with Crippen molar-refractivity contribution in [1.82, 2.24) is 15.5 Å². The molecular weight excluding hydrogens is 190 g/mol. The monoisotopic (exact) mass is 207 g/mol. The maximum Gasteiger partial charge on any atom is 0.229 e. The van der Waals surface area contributed by atoms with E-state index in [0.29, 0.717) is 11.8 Å². The lowest BCUT2D eigenvalue weighted by Crippen LogP contribution is -2.31. The molecule has 0 amide bonds. The molecular formula is C11H17N3O. The van der Waals surface area contributed by atoms with Crippen LogP contribution in [-0.4, -0.2) is 23.2 Å². The van der Waals surface area contributed by atoms with Gasteiger partial charge in [0.15, 0.2) is 5.82 Å². The van der Waals surface area contributed by atoms with E-state index in [1.54, 1.807) is 0 Å². The molecule has 3 rings (SSSR count). The van der Waals surface area contributed by atoms with Gasteiger partial charge in [0.1, 0.15) is 0 Å². The highest BCUT2D eigenvalue weighted by Crippen LogP contribution is 2.38. The molecule has 2 fully saturated rings. The zero-order valence-corrected chi connectivity index (χ0v) is 8.91. The quantitative estimate of drug-likeness (QED) is 0.815. The molecule has 0 spiro atoms. The van der Waals surface area contributed by atoms with E-state index in [1.165, 1.54) is 25.7 Å². The fourth-order valence-electron chi connectivity index (χ4n) is 2.20. The molecule has 1 aliphatic heterocycles. The summed E-state index contributed by atoms with van der Waals surface area (Å²) in [5, 5.41) is 7.47. The minimum absolute atomic E-state index is 0.579. The van der Waals surface area contributed by atoms with Crippen LogP contribution in [0.15, 0.2) is 4.52 Å². The van der Waals surface area contributed by atoms with Crippen molar-refractivity contribution in [3.05, 3.63) is 11.7 Å². The van der Waals surface area contributed by atoms with E-state index in [0.717, 1.165) is 31.2 Å². The summed E-state index contributed by atoms with van der Waals surface area (Å²) in [5.41, 5.74) is 0. The number of aromatic nitrogens is 2. The largest absolute Gasteiger partial charge is 0.339 e. The Hall–Kier alpha value is -0.900. The van der Waals surface area contributed by atoms with Gasteiger partial charge in [-0.05, 0) is 44.7 Å². The number of piperidine rings is 1. The van der Waals surface area contributed by atoms with Gasteiger partial charge in [0.25, 0.3) is 0 Å². The van der Waals surface area contributed by atoms with Crippen molar-refractivity contribution < 1.29 is 4.52 Å². The Bertz CT molecular complexity index is 326. The fourth-order valence-corrected chi connectivity index (χ4v) is 2.20. The maximum atomic E-state index is 5.25. The molecule has 82 valence electrons. The molecule has 1 aliphatic carbocycles. The van der Waals surface area contributed by atoms with Gasteiger partial charge in [-0.15, -0.1) is 0 Å². The second-order valence-corrected chi connectivity index (χ2v) is 4.74. The van der Waals surface area contributed by atoms with Gasteiger partial charge in [-0.2, -0.15) is 4.98 Å². The smallest absolute Gasteiger partial charge is 0.229 e. The maximum absolute atomic E-state index is 5.25. The SMILES string of the molecule is C1CNCC(Cc2noc(C3CC3)n2)C1. The number of rotatable bonds is 3. The summed E-state index contributed by atoms with van der Waals surface area (Å²) in [6, 6.07) is 0. The van der Waals surface area contributed by atoms with E-state index in [1.807, 2.05) is 0 Å². The van der Waals surface area contributed by atoms with Crippen molar-refractivity contribution in [3.8, 4) is 0 Å². The van der Waals surface area contributed by atoms with Crippen molar-refractivity contribution in [2.75, 3.05) is 13.1 Å². The Kier molecular flexibility index (Phi) is 2.44. The summed E-state index contributed by atoms with van der Waals surface area (Å²) in [7, 11) is 0. The average Bonchev–Trinajstić information content (AvgIpc) is 3.02. The highest BCUT2D eigenvalue weighted by atomic mass is 16.5. The van der Waals surface area contributed by atoms with E-state index in [2.05, 4.69) is 15.5 Å². The lowest BCUT2D eigenvalue weighted by Gasteiger charge is -2.20. The summed E-state index contributed by atoms with van der Waals surface area (Å²) >= 11 is 0. The Balaban J connectivity index is 1.60. The minimum atomic E-state index is 0.579. The summed E-state index contributed by atoms with van der Waals surface area (Å²) in [6.07, 6.45) is 6.00. The summed E-state index contributed by atoms with van der Waals surface area (Å²) in [5.74, 6) is 3.05. The standard InChI is InChI=1S/C11H17N3O/c1-2-8(7-12-5-1)6-10-13-11(15-14-10)9-3-4-9/h8-9,12H,1-7H2. The minimum Gasteiger partial charge on any atom is -0.339 e. The van der Waals surface area contributed by atoms with Gasteiger partial charge in [0, 0.05) is 12.3 Å². The Morgan fingerprint density at radius 3 is 3.00 bits per heavy atom. The van der Waals surface area contributed by atoms with Crippen LogP contribution in [0.1, 0.15) is 43.3 Å². The number of nitrogens with one attached hydrogen (secondary N) is 1. The van der Waals surface area contributed by atoms with Gasteiger partial charge in [-0.1, -0.05) is 5.16 Å². The molecule has 2 aliphatic rings. The van der Waals surface area contributed by atoms with Crippen molar-refractivity contribution in [2.24, 2.45) is 5.92 Å². The second kappa shape index (κ2) is 3.93. The van der Waals surface area contributed by atoms with Crippen LogP contribution >= 0.6 is 0 Å². The molecule has 4 nitrogen and oxygen atoms in total. The van der Waals surface area contributed by atoms with E-state index in [4.69, 9.17) is 4.52 Å². The Morgan fingerprint density at radius 1 is 1.33 bits per heavy atom. The van der Waals surface area contributed by atoms with Gasteiger partial charge in [0.05, 0.1) is 0 Å². The third-order valence-corrected chi connectivity index (χ3v) is 3.28. The van der Waals surface area contributed by atoms with Crippen LogP contribution in [0, 0.1) is 5.92 Å². The van der Waals surface area contributed by atoms with Gasteiger partial charge in [-0.3, -0.25) is 0 Å². The van der Waals surface area contributed by atoms with Gasteiger partial charge >= 0.3 is 0 Å². The predicted octanol–water partition coefficient (Wildman–Crippen LogP) is 1.49. The van der Waals surface area contributed by atoms with E-state index in [9.17, 15) is 0 Å². The second-order valence-electron chi connectivity index (χ2n) is 4.74. The summed E-state index contributed by atoms with van der Waals surface area (Å²) in [6.45, 7) is 2.27. The first kappa shape index (κ1) is 9.33. The van der Waals surface area contributed by atoms with Gasteiger partial charge in [-0.25, -0.2) is 0 Å². The molecule has 1 saturated heterocycles. The van der Waals surface area contributed by atoms with Crippen molar-refractivity contribution in [2.45, 2.75) is 38.0 Å². The number of hydrogen-bond acceptors (Lipinski definition) is 4. The van der Waals surface area contributed by atoms with Crippen molar-refractivity contribution in [3.63, 3.8) is 0 Å². The molecule has 1 aromatic heterocycles. The molecule has 0 bridgehead atoms. The first-order valence-corrected chi connectivity index (χ1v) is 5.95. The Labute approximate surface area is 89.4 Å². The lowest BCUT2D eigenvalue weighted by molar-refractivity contribution is 0.350. The van der Waals surface area contributed by atoms with Gasteiger partial charge in [0.2, 0.25) is 5.89 Å². The number of hydrogen-bond donors (Lipinski definition) is 1. The average molecular weight is 207 g/mol. The van der Waals surface area contributed by atoms with Crippen LogP contribution in [0.5, 0.6) is 0 Å². The van der Waals surface area contributed by atoms with Crippen LogP contribution in [0.25, 0.3) is 0 Å². The van der Waals surface area contributed by atoms with Crippen LogP contribution < -0.4 is 5.32 Å². The van der Waals surface area contributed by atoms with Crippen molar-refractivity contribution >= 4 is 0 Å². The van der Waals surface area contributed by atoms with Crippen LogP contribution in [0.3, 0.4) is 0 Å². The van der Waals surface area contributed by atoms with E-state index >= 15 is 0 Å². The van der Waals surface area contributed by atoms with Crippen LogP contribution in [0.4, 0.5) is 0 Å². The summed E-state index contributed by atoms with van der Waals surface area (Å²) in [4.78, 5) is 4.46. The lowest BCUT2D eigenvalue weighted by atomic mass is 9.96. The molecule has 1 atom stereocenters. The fraction of sp³-hybridized carbons (Fsp3) is 0.818. The van der Waals surface area contributed by atoms with Gasteiger partial charge < -0.3 is 9.84 Å². The molecule has 2 heterocycles. The summed E-state index contributed by atoms with van der Waals surface area (Å²) < 4.78 is 5.25. The molecule has 1 aromatic rings. The third kappa shape index (κ3) is 2.20. The van der Waals surface area contributed by atoms with Crippen molar-refractivity contribution in [1.29, 1.82) is 0 Å². The normalized spacial score (nSPS) is 26.8. The first-order valence-electron chi connectivity index (χ1n) is 5.95. The molecule has 1 N–H and O–H groups in total. The predicted molar refractivity (Wildman–Crippen MR) is 55.6 cm³/mol. The highest BCUT2D eigenvalue weighted by Gasteiger charge is 2.29. The number of nitrogens with zero attached hydrogens (tertiary/aromatic N) is 2. The zero-order valence-electron chi connectivity index (χ0n) is 8.91. The molecule has 1 saturated carbocycles. The topological polar surface area (TPSA) is 51.0 Å². The molecule has 0 radical (unpaired) electrons. The zero-order chi connectivity index (χ0) is 10.1. The molecule has 0 aromatic carbocycles. The van der Waals surface area contributed by atoms with E-state index < -0.39 is 0 Å².